The molecule has 0 unspecified atom stereocenters. The van der Waals surface area contributed by atoms with Gasteiger partial charge in [0, 0.05) is 11.9 Å². The summed E-state index contributed by atoms with van der Waals surface area (Å²) >= 11 is 1.54. The second-order valence-corrected chi connectivity index (χ2v) is 7.17. The molecule has 0 amide bonds. The quantitative estimate of drug-likeness (QED) is 0.267. The molecule has 2 aromatic carbocycles. The summed E-state index contributed by atoms with van der Waals surface area (Å²) in [5.41, 5.74) is 1.17. The van der Waals surface area contributed by atoms with Crippen molar-refractivity contribution in [3.63, 3.8) is 0 Å². The Labute approximate surface area is 167 Å². The van der Waals surface area contributed by atoms with Crippen LogP contribution in [0.2, 0.25) is 0 Å². The highest BCUT2D eigenvalue weighted by Crippen LogP contribution is 2.21. The molecule has 0 saturated heterocycles. The minimum Gasteiger partial charge on any atom is -0.494 e. The number of aromatic nitrogens is 3. The maximum absolute atomic E-state index is 13.1. The molecule has 0 radical (unpaired) electrons. The summed E-state index contributed by atoms with van der Waals surface area (Å²) in [7, 11) is 0. The first-order valence-electron chi connectivity index (χ1n) is 9.07. The third-order valence-corrected chi connectivity index (χ3v) is 5.18. The maximum atomic E-state index is 13.1. The van der Waals surface area contributed by atoms with Crippen LogP contribution in [0.4, 0.5) is 0 Å². The third kappa shape index (κ3) is 4.07. The van der Waals surface area contributed by atoms with E-state index in [9.17, 15) is 4.79 Å². The smallest absolute Gasteiger partial charge is 0.268 e. The van der Waals surface area contributed by atoms with E-state index in [0.717, 1.165) is 23.6 Å². The Morgan fingerprint density at radius 2 is 1.68 bits per heavy atom. The second-order valence-electron chi connectivity index (χ2n) is 6.11. The zero-order valence-electron chi connectivity index (χ0n) is 15.2. The standard InChI is InChI=1S/C22H19N3O2S/c26-21-19-13-7-14-23-20(19)24-22(25(21)17-9-3-1-4-10-17)28-16-8-15-27-18-11-5-2-6-12-18/h1-7,9-14H,8,15-16H2. The molecule has 28 heavy (non-hydrogen) atoms. The normalized spacial score (nSPS) is 10.9. The second kappa shape index (κ2) is 8.71. The number of thioether (sulfide) groups is 1. The first-order valence-corrected chi connectivity index (χ1v) is 10.1. The molecule has 0 aliphatic carbocycles. The first-order chi connectivity index (χ1) is 13.8. The minimum absolute atomic E-state index is 0.104. The van der Waals surface area contributed by atoms with Crippen molar-refractivity contribution in [2.75, 3.05) is 12.4 Å². The fourth-order valence-corrected chi connectivity index (χ4v) is 3.74. The van der Waals surface area contributed by atoms with Gasteiger partial charge in [0.05, 0.1) is 17.7 Å². The van der Waals surface area contributed by atoms with Gasteiger partial charge < -0.3 is 4.74 Å². The molecule has 2 aromatic heterocycles. The van der Waals surface area contributed by atoms with Crippen LogP contribution in [0.1, 0.15) is 6.42 Å². The van der Waals surface area contributed by atoms with E-state index >= 15 is 0 Å². The van der Waals surface area contributed by atoms with Crippen LogP contribution in [-0.2, 0) is 0 Å². The van der Waals surface area contributed by atoms with Gasteiger partial charge in [-0.05, 0) is 42.8 Å². The molecule has 0 aliphatic rings. The maximum Gasteiger partial charge on any atom is 0.268 e. The number of nitrogens with zero attached hydrogens (tertiary/aromatic N) is 3. The van der Waals surface area contributed by atoms with Crippen LogP contribution >= 0.6 is 11.8 Å². The highest BCUT2D eigenvalue weighted by atomic mass is 32.2. The van der Waals surface area contributed by atoms with Crippen LogP contribution in [0.3, 0.4) is 0 Å². The molecule has 0 N–H and O–H groups in total. The van der Waals surface area contributed by atoms with Crippen molar-refractivity contribution in [3.05, 3.63) is 89.3 Å². The molecule has 0 bridgehead atoms. The molecule has 0 aliphatic heterocycles. The van der Waals surface area contributed by atoms with Gasteiger partial charge in [0.25, 0.3) is 5.56 Å². The van der Waals surface area contributed by atoms with Crippen LogP contribution < -0.4 is 10.3 Å². The fourth-order valence-electron chi connectivity index (χ4n) is 2.83. The largest absolute Gasteiger partial charge is 0.494 e. The molecule has 0 spiro atoms. The number of benzene rings is 2. The number of ether oxygens (including phenoxy) is 1. The molecule has 140 valence electrons. The summed E-state index contributed by atoms with van der Waals surface area (Å²) in [4.78, 5) is 22.0. The Hall–Kier alpha value is -3.12. The van der Waals surface area contributed by atoms with Crippen molar-refractivity contribution in [3.8, 4) is 11.4 Å². The zero-order valence-corrected chi connectivity index (χ0v) is 16.0. The predicted molar refractivity (Wildman–Crippen MR) is 112 cm³/mol. The van der Waals surface area contributed by atoms with Gasteiger partial charge in [0.2, 0.25) is 0 Å². The number of rotatable bonds is 7. The van der Waals surface area contributed by atoms with E-state index in [2.05, 4.69) is 9.97 Å². The number of para-hydroxylation sites is 2. The van der Waals surface area contributed by atoms with Crippen molar-refractivity contribution in [1.82, 2.24) is 14.5 Å². The molecule has 0 atom stereocenters. The average Bonchev–Trinajstić information content (AvgIpc) is 2.75. The van der Waals surface area contributed by atoms with Gasteiger partial charge in [0.15, 0.2) is 10.8 Å². The summed E-state index contributed by atoms with van der Waals surface area (Å²) in [5, 5.41) is 1.16. The van der Waals surface area contributed by atoms with Crippen molar-refractivity contribution < 1.29 is 4.74 Å². The van der Waals surface area contributed by atoms with Gasteiger partial charge in [0.1, 0.15) is 5.75 Å². The molecule has 4 rings (SSSR count). The zero-order chi connectivity index (χ0) is 19.2. The molecule has 5 nitrogen and oxygen atoms in total. The van der Waals surface area contributed by atoms with E-state index in [1.54, 1.807) is 22.9 Å². The van der Waals surface area contributed by atoms with Crippen molar-refractivity contribution in [2.24, 2.45) is 0 Å². The van der Waals surface area contributed by atoms with E-state index in [1.807, 2.05) is 60.7 Å². The Bertz CT molecular complexity index is 1110. The fraction of sp³-hybridized carbons (Fsp3) is 0.136. The Morgan fingerprint density at radius 3 is 2.46 bits per heavy atom. The summed E-state index contributed by atoms with van der Waals surface area (Å²) in [5.74, 6) is 1.64. The molecule has 0 saturated carbocycles. The molecular formula is C22H19N3O2S. The van der Waals surface area contributed by atoms with Gasteiger partial charge in [-0.25, -0.2) is 9.97 Å². The van der Waals surface area contributed by atoms with E-state index in [1.165, 1.54) is 11.8 Å². The summed E-state index contributed by atoms with van der Waals surface area (Å²) in [6.45, 7) is 0.610. The van der Waals surface area contributed by atoms with E-state index in [0.29, 0.717) is 22.8 Å². The first kappa shape index (κ1) is 18.3. The van der Waals surface area contributed by atoms with Crippen LogP contribution in [0.5, 0.6) is 5.75 Å². The molecule has 0 fully saturated rings. The number of hydrogen-bond acceptors (Lipinski definition) is 5. The van der Waals surface area contributed by atoms with Crippen LogP contribution in [0, 0.1) is 0 Å². The summed E-state index contributed by atoms with van der Waals surface area (Å²) < 4.78 is 7.40. The highest BCUT2D eigenvalue weighted by molar-refractivity contribution is 7.99. The Morgan fingerprint density at radius 1 is 0.929 bits per heavy atom. The van der Waals surface area contributed by atoms with Gasteiger partial charge >= 0.3 is 0 Å². The number of hydrogen-bond donors (Lipinski definition) is 0. The molecule has 2 heterocycles. The summed E-state index contributed by atoms with van der Waals surface area (Å²) in [6.07, 6.45) is 2.49. The van der Waals surface area contributed by atoms with E-state index < -0.39 is 0 Å². The van der Waals surface area contributed by atoms with Gasteiger partial charge in [-0.3, -0.25) is 9.36 Å². The highest BCUT2D eigenvalue weighted by Gasteiger charge is 2.13. The lowest BCUT2D eigenvalue weighted by atomic mass is 10.3. The number of pyridine rings is 1. The topological polar surface area (TPSA) is 57.0 Å². The number of fused-ring (bicyclic) bond motifs is 1. The van der Waals surface area contributed by atoms with Crippen LogP contribution in [0.25, 0.3) is 16.7 Å². The monoisotopic (exact) mass is 389 g/mol. The Balaban J connectivity index is 1.54. The predicted octanol–water partition coefficient (Wildman–Crippen LogP) is 4.34. The van der Waals surface area contributed by atoms with Crippen LogP contribution in [0.15, 0.2) is 88.9 Å². The van der Waals surface area contributed by atoms with Gasteiger partial charge in [-0.2, -0.15) is 0 Å². The van der Waals surface area contributed by atoms with Gasteiger partial charge in [-0.15, -0.1) is 0 Å². The lowest BCUT2D eigenvalue weighted by Gasteiger charge is -2.13. The van der Waals surface area contributed by atoms with Crippen LogP contribution in [-0.4, -0.2) is 26.9 Å². The lowest BCUT2D eigenvalue weighted by Crippen LogP contribution is -2.22. The molecular weight excluding hydrogens is 370 g/mol. The van der Waals surface area contributed by atoms with Gasteiger partial charge in [-0.1, -0.05) is 48.2 Å². The lowest BCUT2D eigenvalue weighted by molar-refractivity contribution is 0.318. The average molecular weight is 389 g/mol. The van der Waals surface area contributed by atoms with Crippen molar-refractivity contribution in [1.29, 1.82) is 0 Å². The Kier molecular flexibility index (Phi) is 5.68. The molecule has 4 aromatic rings. The van der Waals surface area contributed by atoms with Crippen molar-refractivity contribution in [2.45, 2.75) is 11.6 Å². The summed E-state index contributed by atoms with van der Waals surface area (Å²) in [6, 6.07) is 22.9. The third-order valence-electron chi connectivity index (χ3n) is 4.16. The molecule has 6 heteroatoms. The van der Waals surface area contributed by atoms with Crippen molar-refractivity contribution >= 4 is 22.8 Å². The minimum atomic E-state index is -0.104. The SMILES string of the molecule is O=c1c2cccnc2nc(SCCCOc2ccccc2)n1-c1ccccc1. The van der Waals surface area contributed by atoms with E-state index in [4.69, 9.17) is 4.74 Å². The van der Waals surface area contributed by atoms with E-state index in [-0.39, 0.29) is 5.56 Å².